The molecule has 0 bridgehead atoms. The first-order valence-corrected chi connectivity index (χ1v) is 12.0. The highest BCUT2D eigenvalue weighted by Gasteiger charge is 2.22. The number of thiophene rings is 1. The number of carbonyl (C=O) groups is 2. The fourth-order valence-corrected chi connectivity index (χ4v) is 4.34. The molecule has 3 aromatic rings. The predicted molar refractivity (Wildman–Crippen MR) is 135 cm³/mol. The van der Waals surface area contributed by atoms with E-state index in [1.807, 2.05) is 35.7 Å². The van der Waals surface area contributed by atoms with Crippen LogP contribution in [0.5, 0.6) is 11.5 Å². The Labute approximate surface area is 209 Å². The molecule has 35 heavy (non-hydrogen) atoms. The van der Waals surface area contributed by atoms with E-state index in [1.54, 1.807) is 36.5 Å². The summed E-state index contributed by atoms with van der Waals surface area (Å²) in [5.41, 5.74) is 1.18. The maximum Gasteiger partial charge on any atom is 0.254 e. The Morgan fingerprint density at radius 1 is 1.03 bits per heavy atom. The van der Waals surface area contributed by atoms with E-state index in [4.69, 9.17) is 9.47 Å². The lowest BCUT2D eigenvalue weighted by Gasteiger charge is -2.27. The Balaban J connectivity index is 1.76. The summed E-state index contributed by atoms with van der Waals surface area (Å²) in [4.78, 5) is 30.5. The lowest BCUT2D eigenvalue weighted by molar-refractivity contribution is -0.132. The number of methoxy groups -OCH3 is 2. The average Bonchev–Trinajstić information content (AvgIpc) is 3.38. The molecular formula is C27H29FN2O4S. The summed E-state index contributed by atoms with van der Waals surface area (Å²) in [5.74, 6) is 0.131. The molecule has 0 aliphatic rings. The average molecular weight is 497 g/mol. The van der Waals surface area contributed by atoms with Gasteiger partial charge in [0.25, 0.3) is 5.91 Å². The lowest BCUT2D eigenvalue weighted by Crippen LogP contribution is -2.43. The van der Waals surface area contributed by atoms with E-state index in [0.717, 1.165) is 10.4 Å². The van der Waals surface area contributed by atoms with E-state index < -0.39 is 11.7 Å². The van der Waals surface area contributed by atoms with Gasteiger partial charge in [-0.1, -0.05) is 24.3 Å². The number of ether oxygens (including phenoxy) is 2. The van der Waals surface area contributed by atoms with E-state index >= 15 is 0 Å². The van der Waals surface area contributed by atoms with E-state index in [0.29, 0.717) is 31.0 Å². The first kappa shape index (κ1) is 26.0. The molecule has 0 unspecified atom stereocenters. The molecule has 0 saturated heterocycles. The van der Waals surface area contributed by atoms with Crippen LogP contribution in [0.2, 0.25) is 0 Å². The summed E-state index contributed by atoms with van der Waals surface area (Å²) in [6.07, 6.45) is 2.15. The maximum absolute atomic E-state index is 13.7. The molecule has 0 saturated carbocycles. The van der Waals surface area contributed by atoms with Gasteiger partial charge in [0.2, 0.25) is 5.91 Å². The van der Waals surface area contributed by atoms with Crippen molar-refractivity contribution < 1.29 is 23.5 Å². The summed E-state index contributed by atoms with van der Waals surface area (Å²) in [6, 6.07) is 15.0. The molecule has 0 atom stereocenters. The van der Waals surface area contributed by atoms with Crippen LogP contribution in [0, 0.1) is 5.82 Å². The van der Waals surface area contributed by atoms with Crippen molar-refractivity contribution in [3.63, 3.8) is 0 Å². The van der Waals surface area contributed by atoms with Crippen molar-refractivity contribution in [2.45, 2.75) is 13.0 Å². The fraction of sp³-hybridized carbons (Fsp3) is 0.259. The fourth-order valence-electron chi connectivity index (χ4n) is 3.63. The zero-order valence-electron chi connectivity index (χ0n) is 19.9. The third kappa shape index (κ3) is 7.16. The molecule has 184 valence electrons. The molecule has 1 aromatic heterocycles. The van der Waals surface area contributed by atoms with Gasteiger partial charge in [0.15, 0.2) is 11.5 Å². The van der Waals surface area contributed by atoms with Gasteiger partial charge in [-0.15, -0.1) is 17.9 Å². The molecule has 1 heterocycles. The van der Waals surface area contributed by atoms with Crippen LogP contribution in [0.4, 0.5) is 4.39 Å². The summed E-state index contributed by atoms with van der Waals surface area (Å²) in [5, 5.41) is 1.96. The number of hydrogen-bond donors (Lipinski definition) is 0. The molecule has 2 amide bonds. The zero-order valence-corrected chi connectivity index (χ0v) is 20.7. The summed E-state index contributed by atoms with van der Waals surface area (Å²) < 4.78 is 24.4. The molecule has 0 radical (unpaired) electrons. The molecule has 3 rings (SSSR count). The van der Waals surface area contributed by atoms with Crippen LogP contribution in [0.1, 0.15) is 20.8 Å². The monoisotopic (exact) mass is 496 g/mol. The molecule has 0 fully saturated rings. The molecule has 2 aromatic carbocycles. The minimum Gasteiger partial charge on any atom is -0.493 e. The first-order valence-electron chi connectivity index (χ1n) is 11.1. The highest BCUT2D eigenvalue weighted by atomic mass is 32.1. The van der Waals surface area contributed by atoms with Crippen LogP contribution >= 0.6 is 11.3 Å². The molecule has 0 aliphatic carbocycles. The number of hydrogen-bond acceptors (Lipinski definition) is 5. The van der Waals surface area contributed by atoms with Crippen LogP contribution in [0.3, 0.4) is 0 Å². The van der Waals surface area contributed by atoms with E-state index in [9.17, 15) is 14.0 Å². The van der Waals surface area contributed by atoms with Crippen molar-refractivity contribution in [1.82, 2.24) is 9.80 Å². The van der Waals surface area contributed by atoms with Crippen LogP contribution in [0.15, 0.2) is 72.6 Å². The number of benzene rings is 2. The summed E-state index contributed by atoms with van der Waals surface area (Å²) >= 11 is 1.57. The number of rotatable bonds is 12. The quantitative estimate of drug-likeness (QED) is 0.338. The van der Waals surface area contributed by atoms with Gasteiger partial charge in [-0.25, -0.2) is 4.39 Å². The number of carbonyl (C=O) groups excluding carboxylic acids is 2. The molecule has 0 N–H and O–H groups in total. The normalized spacial score (nSPS) is 10.5. The van der Waals surface area contributed by atoms with Crippen molar-refractivity contribution >= 4 is 23.2 Å². The van der Waals surface area contributed by atoms with Gasteiger partial charge >= 0.3 is 0 Å². The second-order valence-corrected chi connectivity index (χ2v) is 8.85. The molecule has 0 aliphatic heterocycles. The van der Waals surface area contributed by atoms with E-state index in [2.05, 4.69) is 6.58 Å². The minimum atomic E-state index is -0.505. The van der Waals surface area contributed by atoms with Crippen molar-refractivity contribution in [3.8, 4) is 11.5 Å². The standard InChI is InChI=1S/C27H29FN2O4S/c1-4-13-30(27(32)21-7-5-8-22(28)17-21)19-26(31)29(18-23-9-6-15-35-23)14-12-20-10-11-24(33-2)25(16-20)34-3/h4-11,15-17H,1,12-14,18-19H2,2-3H3. The van der Waals surface area contributed by atoms with Gasteiger partial charge < -0.3 is 19.3 Å². The van der Waals surface area contributed by atoms with Crippen molar-refractivity contribution in [1.29, 1.82) is 0 Å². The molecule has 0 spiro atoms. The third-order valence-electron chi connectivity index (χ3n) is 5.43. The van der Waals surface area contributed by atoms with Crippen molar-refractivity contribution in [2.24, 2.45) is 0 Å². The van der Waals surface area contributed by atoms with Gasteiger partial charge in [-0.2, -0.15) is 0 Å². The molecule has 8 heteroatoms. The smallest absolute Gasteiger partial charge is 0.254 e. The second kappa shape index (κ2) is 12.7. The van der Waals surface area contributed by atoms with E-state index in [1.165, 1.54) is 29.2 Å². The van der Waals surface area contributed by atoms with Gasteiger partial charge in [0.05, 0.1) is 20.8 Å². The Hall–Kier alpha value is -3.65. The van der Waals surface area contributed by atoms with Gasteiger partial charge in [-0.05, 0) is 53.8 Å². The van der Waals surface area contributed by atoms with Gasteiger partial charge in [-0.3, -0.25) is 9.59 Å². The Morgan fingerprint density at radius 3 is 2.49 bits per heavy atom. The molecule has 6 nitrogen and oxygen atoms in total. The minimum absolute atomic E-state index is 0.140. The SMILES string of the molecule is C=CCN(CC(=O)N(CCc1ccc(OC)c(OC)c1)Cc1cccs1)C(=O)c1cccc(F)c1. The van der Waals surface area contributed by atoms with Crippen LogP contribution in [0.25, 0.3) is 0 Å². The van der Waals surface area contributed by atoms with Crippen molar-refractivity contribution in [2.75, 3.05) is 33.9 Å². The van der Waals surface area contributed by atoms with Crippen LogP contribution < -0.4 is 9.47 Å². The van der Waals surface area contributed by atoms with Gasteiger partial charge in [0, 0.05) is 23.5 Å². The predicted octanol–water partition coefficient (Wildman–Crippen LogP) is 4.80. The lowest BCUT2D eigenvalue weighted by atomic mass is 10.1. The topological polar surface area (TPSA) is 59.1 Å². The maximum atomic E-state index is 13.7. The Bertz CT molecular complexity index is 1150. The highest BCUT2D eigenvalue weighted by molar-refractivity contribution is 7.09. The largest absolute Gasteiger partial charge is 0.493 e. The Morgan fingerprint density at radius 2 is 1.83 bits per heavy atom. The Kier molecular flexibility index (Phi) is 9.43. The van der Waals surface area contributed by atoms with Crippen LogP contribution in [-0.2, 0) is 17.8 Å². The highest BCUT2D eigenvalue weighted by Crippen LogP contribution is 2.28. The number of halogens is 1. The van der Waals surface area contributed by atoms with E-state index in [-0.39, 0.29) is 24.6 Å². The third-order valence-corrected chi connectivity index (χ3v) is 6.29. The van der Waals surface area contributed by atoms with Gasteiger partial charge in [0.1, 0.15) is 12.4 Å². The second-order valence-electron chi connectivity index (χ2n) is 7.82. The summed E-state index contributed by atoms with van der Waals surface area (Å²) in [7, 11) is 3.16. The first-order chi connectivity index (χ1) is 16.9. The number of nitrogens with zero attached hydrogens (tertiary/aromatic N) is 2. The number of amides is 2. The molecular weight excluding hydrogens is 467 g/mol. The van der Waals surface area contributed by atoms with Crippen LogP contribution in [-0.4, -0.2) is 55.5 Å². The zero-order chi connectivity index (χ0) is 25.2. The van der Waals surface area contributed by atoms with Crippen molar-refractivity contribution in [3.05, 3.63) is 94.5 Å². The summed E-state index contributed by atoms with van der Waals surface area (Å²) in [6.45, 7) is 4.61.